The Morgan fingerprint density at radius 3 is 2.74 bits per heavy atom. The van der Waals surface area contributed by atoms with Crippen molar-refractivity contribution in [2.45, 2.75) is 57.7 Å². The van der Waals surface area contributed by atoms with Gasteiger partial charge in [0, 0.05) is 10.6 Å². The highest BCUT2D eigenvalue weighted by atomic mass is 32.2. The first-order chi connectivity index (χ1) is 13.1. The van der Waals surface area contributed by atoms with Gasteiger partial charge in [0.2, 0.25) is 0 Å². The number of aryl methyl sites for hydroxylation is 2. The number of hydrogen-bond acceptors (Lipinski definition) is 4. The third-order valence-corrected chi connectivity index (χ3v) is 7.35. The van der Waals surface area contributed by atoms with E-state index in [1.165, 1.54) is 23.3 Å². The topological polar surface area (TPSA) is 34.9 Å². The van der Waals surface area contributed by atoms with E-state index in [1.54, 1.807) is 23.1 Å². The molecule has 27 heavy (non-hydrogen) atoms. The number of fused-ring (bicyclic) bond motifs is 3. The second-order valence-corrected chi connectivity index (χ2v) is 9.84. The van der Waals surface area contributed by atoms with Gasteiger partial charge in [0.05, 0.1) is 11.9 Å². The van der Waals surface area contributed by atoms with E-state index in [-0.39, 0.29) is 5.56 Å². The van der Waals surface area contributed by atoms with E-state index < -0.39 is 0 Å². The number of benzene rings is 1. The summed E-state index contributed by atoms with van der Waals surface area (Å²) in [6.07, 6.45) is 5.67. The van der Waals surface area contributed by atoms with E-state index >= 15 is 0 Å². The van der Waals surface area contributed by atoms with Gasteiger partial charge in [-0.1, -0.05) is 55.9 Å². The lowest BCUT2D eigenvalue weighted by atomic mass is 9.97. The first-order valence-corrected chi connectivity index (χ1v) is 11.7. The second-order valence-electron chi connectivity index (χ2n) is 7.69. The van der Waals surface area contributed by atoms with Gasteiger partial charge >= 0.3 is 0 Å². The van der Waals surface area contributed by atoms with Gasteiger partial charge in [0.25, 0.3) is 5.56 Å². The van der Waals surface area contributed by atoms with Gasteiger partial charge in [-0.05, 0) is 49.1 Å². The number of aromatic nitrogens is 2. The third-order valence-electron chi connectivity index (χ3n) is 5.15. The Bertz CT molecular complexity index is 989. The zero-order valence-corrected chi connectivity index (χ0v) is 17.7. The lowest BCUT2D eigenvalue weighted by molar-refractivity contribution is 0.626. The first kappa shape index (κ1) is 18.8. The second kappa shape index (κ2) is 8.19. The highest BCUT2D eigenvalue weighted by Gasteiger charge is 2.22. The van der Waals surface area contributed by atoms with Crippen molar-refractivity contribution in [3.63, 3.8) is 0 Å². The van der Waals surface area contributed by atoms with Crippen LogP contribution >= 0.6 is 23.1 Å². The van der Waals surface area contributed by atoms with Gasteiger partial charge in [-0.2, -0.15) is 0 Å². The van der Waals surface area contributed by atoms with Gasteiger partial charge < -0.3 is 0 Å². The Morgan fingerprint density at radius 2 is 1.96 bits per heavy atom. The Labute approximate surface area is 168 Å². The van der Waals surface area contributed by atoms with Crippen molar-refractivity contribution in [3.05, 3.63) is 56.7 Å². The molecule has 0 N–H and O–H groups in total. The highest BCUT2D eigenvalue weighted by Crippen LogP contribution is 2.35. The predicted octanol–water partition coefficient (Wildman–Crippen LogP) is 5.52. The molecule has 0 fully saturated rings. The van der Waals surface area contributed by atoms with Crippen LogP contribution in [0.15, 0.2) is 40.3 Å². The van der Waals surface area contributed by atoms with Crippen LogP contribution in [0.4, 0.5) is 0 Å². The summed E-state index contributed by atoms with van der Waals surface area (Å²) in [7, 11) is 0. The minimum Gasteiger partial charge on any atom is -0.283 e. The van der Waals surface area contributed by atoms with Crippen LogP contribution in [0.5, 0.6) is 0 Å². The van der Waals surface area contributed by atoms with Gasteiger partial charge in [-0.15, -0.1) is 11.3 Å². The normalized spacial score (nSPS) is 14.0. The maximum absolute atomic E-state index is 13.5. The molecule has 1 aliphatic carbocycles. The zero-order chi connectivity index (χ0) is 18.8. The predicted molar refractivity (Wildman–Crippen MR) is 116 cm³/mol. The maximum atomic E-state index is 13.5. The summed E-state index contributed by atoms with van der Waals surface area (Å²) in [5.41, 5.74) is 2.57. The SMILES string of the molecule is CC(C)CCSc1nc2sc3c(c2c(=O)n1Cc1ccccc1)CCCC3. The number of thiophene rings is 1. The average Bonchev–Trinajstić information content (AvgIpc) is 3.03. The minimum atomic E-state index is 0.148. The van der Waals surface area contributed by atoms with Crippen LogP contribution in [0.1, 0.15) is 49.1 Å². The quantitative estimate of drug-likeness (QED) is 0.405. The molecular weight excluding hydrogens is 372 g/mol. The van der Waals surface area contributed by atoms with Crippen LogP contribution in [-0.4, -0.2) is 15.3 Å². The van der Waals surface area contributed by atoms with Crippen LogP contribution in [0.25, 0.3) is 10.2 Å². The molecule has 3 aromatic rings. The van der Waals surface area contributed by atoms with Crippen molar-refractivity contribution in [2.24, 2.45) is 5.92 Å². The van der Waals surface area contributed by atoms with Crippen molar-refractivity contribution < 1.29 is 0 Å². The van der Waals surface area contributed by atoms with Crippen LogP contribution in [-0.2, 0) is 19.4 Å². The molecule has 4 rings (SSSR count). The summed E-state index contributed by atoms with van der Waals surface area (Å²) in [5, 5.41) is 1.76. The van der Waals surface area contributed by atoms with Gasteiger partial charge in [0.15, 0.2) is 5.16 Å². The molecule has 2 aromatic heterocycles. The standard InChI is InChI=1S/C22H26N2OS2/c1-15(2)12-13-26-22-23-20-19(17-10-6-7-11-18(17)27-20)21(25)24(22)14-16-8-4-3-5-9-16/h3-5,8-9,15H,6-7,10-14H2,1-2H3. The monoisotopic (exact) mass is 398 g/mol. The molecule has 0 amide bonds. The van der Waals surface area contributed by atoms with Crippen LogP contribution in [0, 0.1) is 5.92 Å². The fourth-order valence-electron chi connectivity index (χ4n) is 3.62. The van der Waals surface area contributed by atoms with Crippen molar-refractivity contribution in [1.29, 1.82) is 0 Å². The molecule has 0 spiro atoms. The molecule has 1 aliphatic rings. The molecule has 0 aliphatic heterocycles. The van der Waals surface area contributed by atoms with E-state index in [2.05, 4.69) is 26.0 Å². The molecular formula is C22H26N2OS2. The molecule has 142 valence electrons. The minimum absolute atomic E-state index is 0.148. The molecule has 0 bridgehead atoms. The number of nitrogens with zero attached hydrogens (tertiary/aromatic N) is 2. The molecule has 5 heteroatoms. The van der Waals surface area contributed by atoms with Crippen molar-refractivity contribution in [3.8, 4) is 0 Å². The lowest BCUT2D eigenvalue weighted by Gasteiger charge is -2.14. The number of rotatable bonds is 6. The summed E-state index contributed by atoms with van der Waals surface area (Å²) in [5.74, 6) is 1.65. The molecule has 2 heterocycles. The number of hydrogen-bond donors (Lipinski definition) is 0. The Hall–Kier alpha value is -1.59. The molecule has 0 atom stereocenters. The highest BCUT2D eigenvalue weighted by molar-refractivity contribution is 7.99. The van der Waals surface area contributed by atoms with E-state index in [0.717, 1.165) is 46.0 Å². The first-order valence-electron chi connectivity index (χ1n) is 9.85. The summed E-state index contributed by atoms with van der Waals surface area (Å²) in [6, 6.07) is 10.3. The summed E-state index contributed by atoms with van der Waals surface area (Å²) >= 11 is 3.47. The van der Waals surface area contributed by atoms with E-state index in [9.17, 15) is 4.79 Å². The van der Waals surface area contributed by atoms with Crippen LogP contribution in [0.2, 0.25) is 0 Å². The van der Waals surface area contributed by atoms with Gasteiger partial charge in [-0.3, -0.25) is 9.36 Å². The maximum Gasteiger partial charge on any atom is 0.263 e. The molecule has 1 aromatic carbocycles. The summed E-state index contributed by atoms with van der Waals surface area (Å²) in [6.45, 7) is 5.07. The van der Waals surface area contributed by atoms with E-state index in [4.69, 9.17) is 4.98 Å². The van der Waals surface area contributed by atoms with Gasteiger partial charge in [-0.25, -0.2) is 4.98 Å². The Balaban J connectivity index is 1.80. The van der Waals surface area contributed by atoms with Crippen LogP contribution < -0.4 is 5.56 Å². The Kier molecular flexibility index (Phi) is 5.69. The molecule has 0 saturated heterocycles. The zero-order valence-electron chi connectivity index (χ0n) is 16.0. The van der Waals surface area contributed by atoms with E-state index in [1.807, 2.05) is 22.8 Å². The summed E-state index contributed by atoms with van der Waals surface area (Å²) in [4.78, 5) is 20.8. The number of thioether (sulfide) groups is 1. The fourth-order valence-corrected chi connectivity index (χ4v) is 6.16. The lowest BCUT2D eigenvalue weighted by Crippen LogP contribution is -2.24. The molecule has 0 radical (unpaired) electrons. The Morgan fingerprint density at radius 1 is 1.19 bits per heavy atom. The summed E-state index contributed by atoms with van der Waals surface area (Å²) < 4.78 is 1.91. The van der Waals surface area contributed by atoms with E-state index in [0.29, 0.717) is 12.5 Å². The fraction of sp³-hybridized carbons (Fsp3) is 0.455. The molecule has 3 nitrogen and oxygen atoms in total. The van der Waals surface area contributed by atoms with Crippen molar-refractivity contribution >= 4 is 33.3 Å². The van der Waals surface area contributed by atoms with Crippen molar-refractivity contribution in [2.75, 3.05) is 5.75 Å². The molecule has 0 saturated carbocycles. The van der Waals surface area contributed by atoms with Crippen molar-refractivity contribution in [1.82, 2.24) is 9.55 Å². The smallest absolute Gasteiger partial charge is 0.263 e. The van der Waals surface area contributed by atoms with Crippen LogP contribution in [0.3, 0.4) is 0 Å². The third kappa shape index (κ3) is 3.99. The molecule has 0 unspecified atom stereocenters. The largest absolute Gasteiger partial charge is 0.283 e. The average molecular weight is 399 g/mol. The van der Waals surface area contributed by atoms with Gasteiger partial charge in [0.1, 0.15) is 4.83 Å².